The van der Waals surface area contributed by atoms with Crippen LogP contribution in [0.25, 0.3) is 0 Å². The first kappa shape index (κ1) is 9.74. The van der Waals surface area contributed by atoms with E-state index < -0.39 is 0 Å². The van der Waals surface area contributed by atoms with Gasteiger partial charge in [0, 0.05) is 0 Å². The fraction of sp³-hybridized carbons (Fsp3) is 0.400. The van der Waals surface area contributed by atoms with Crippen LogP contribution in [-0.2, 0) is 0 Å². The van der Waals surface area contributed by atoms with E-state index in [4.69, 9.17) is 0 Å². The minimum absolute atomic E-state index is 0.261. The molecule has 2 heteroatoms. The first-order valence-corrected chi connectivity index (χ1v) is 9.33. The Morgan fingerprint density at radius 3 is 1.33 bits per heavy atom. The summed E-state index contributed by atoms with van der Waals surface area (Å²) in [5, 5.41) is 3.28. The van der Waals surface area contributed by atoms with Crippen LogP contribution in [-0.4, -0.2) is 17.6 Å². The molecule has 0 nitrogen and oxygen atoms in total. The zero-order valence-corrected chi connectivity index (χ0v) is 10.3. The standard InChI is InChI=1S/C10H16Si2/c1-11(2)9-7-5-6-8-10(9)12(3)4/h5-8H,1-4H3. The van der Waals surface area contributed by atoms with Gasteiger partial charge in [-0.2, -0.15) is 0 Å². The lowest BCUT2D eigenvalue weighted by Gasteiger charge is -2.12. The molecule has 0 saturated carbocycles. The van der Waals surface area contributed by atoms with Crippen LogP contribution in [0.1, 0.15) is 0 Å². The van der Waals surface area contributed by atoms with E-state index in [0.29, 0.717) is 0 Å². The van der Waals surface area contributed by atoms with Crippen molar-refractivity contribution in [3.63, 3.8) is 0 Å². The smallest absolute Gasteiger partial charge is 0.0671 e. The third-order valence-corrected chi connectivity index (χ3v) is 5.28. The normalized spacial score (nSPS) is 11.2. The van der Waals surface area contributed by atoms with E-state index in [9.17, 15) is 0 Å². The molecule has 0 atom stereocenters. The molecule has 1 aromatic carbocycles. The van der Waals surface area contributed by atoms with Gasteiger partial charge in [-0.1, -0.05) is 60.8 Å². The van der Waals surface area contributed by atoms with E-state index in [2.05, 4.69) is 50.5 Å². The van der Waals surface area contributed by atoms with Crippen LogP contribution in [0.15, 0.2) is 24.3 Å². The molecule has 0 aliphatic carbocycles. The molecule has 0 spiro atoms. The average Bonchev–Trinajstić information content (AvgIpc) is 2.04. The molecule has 0 bridgehead atoms. The van der Waals surface area contributed by atoms with E-state index in [-0.39, 0.29) is 17.6 Å². The summed E-state index contributed by atoms with van der Waals surface area (Å²) >= 11 is 0. The van der Waals surface area contributed by atoms with Gasteiger partial charge in [0.05, 0.1) is 17.6 Å². The Balaban J connectivity index is 3.09. The summed E-state index contributed by atoms with van der Waals surface area (Å²) in [5.74, 6) is 0. The maximum absolute atomic E-state index is 2.37. The Bertz CT molecular complexity index is 227. The third-order valence-electron chi connectivity index (χ3n) is 2.00. The van der Waals surface area contributed by atoms with Crippen molar-refractivity contribution in [2.24, 2.45) is 0 Å². The second-order valence-corrected chi connectivity index (χ2v) is 8.62. The summed E-state index contributed by atoms with van der Waals surface area (Å²) in [5.41, 5.74) is 0. The third kappa shape index (κ3) is 2.08. The Kier molecular flexibility index (Phi) is 3.29. The van der Waals surface area contributed by atoms with E-state index >= 15 is 0 Å². The fourth-order valence-electron chi connectivity index (χ4n) is 1.36. The fourth-order valence-corrected chi connectivity index (χ4v) is 4.96. The molecule has 2 radical (unpaired) electrons. The van der Waals surface area contributed by atoms with Gasteiger partial charge in [-0.3, -0.25) is 0 Å². The highest BCUT2D eigenvalue weighted by atomic mass is 28.3. The molecule has 0 saturated heterocycles. The lowest BCUT2D eigenvalue weighted by molar-refractivity contribution is 1.76. The topological polar surface area (TPSA) is 0 Å². The highest BCUT2D eigenvalue weighted by molar-refractivity contribution is 6.82. The first-order valence-electron chi connectivity index (χ1n) is 4.33. The quantitative estimate of drug-likeness (QED) is 0.625. The Labute approximate surface area is 78.8 Å². The summed E-state index contributed by atoms with van der Waals surface area (Å²) in [4.78, 5) is 0. The van der Waals surface area contributed by atoms with Crippen molar-refractivity contribution in [1.29, 1.82) is 0 Å². The van der Waals surface area contributed by atoms with Gasteiger partial charge in [0.15, 0.2) is 0 Å². The van der Waals surface area contributed by atoms with E-state index in [0.717, 1.165) is 0 Å². The minimum Gasteiger partial charge on any atom is -0.0671 e. The molecule has 0 unspecified atom stereocenters. The van der Waals surface area contributed by atoms with Crippen LogP contribution in [0.3, 0.4) is 0 Å². The lowest BCUT2D eigenvalue weighted by atomic mass is 10.4. The predicted octanol–water partition coefficient (Wildman–Crippen LogP) is 1.61. The zero-order valence-electron chi connectivity index (χ0n) is 8.31. The van der Waals surface area contributed by atoms with Gasteiger partial charge in [-0.05, 0) is 0 Å². The van der Waals surface area contributed by atoms with Crippen molar-refractivity contribution in [2.75, 3.05) is 0 Å². The van der Waals surface area contributed by atoms with Crippen molar-refractivity contribution < 1.29 is 0 Å². The highest BCUT2D eigenvalue weighted by Crippen LogP contribution is 1.89. The molecule has 0 N–H and O–H groups in total. The van der Waals surface area contributed by atoms with Gasteiger partial charge in [0.1, 0.15) is 0 Å². The molecular formula is C10H16Si2. The highest BCUT2D eigenvalue weighted by Gasteiger charge is 2.09. The van der Waals surface area contributed by atoms with Gasteiger partial charge in [-0.25, -0.2) is 0 Å². The largest absolute Gasteiger partial charge is 0.0789 e. The molecule has 1 aromatic rings. The lowest BCUT2D eigenvalue weighted by Crippen LogP contribution is -2.43. The van der Waals surface area contributed by atoms with Crippen LogP contribution in [0, 0.1) is 0 Å². The van der Waals surface area contributed by atoms with Crippen LogP contribution in [0.5, 0.6) is 0 Å². The number of rotatable bonds is 2. The van der Waals surface area contributed by atoms with Gasteiger partial charge >= 0.3 is 0 Å². The van der Waals surface area contributed by atoms with Crippen LogP contribution in [0.2, 0.25) is 26.2 Å². The van der Waals surface area contributed by atoms with Crippen LogP contribution >= 0.6 is 0 Å². The van der Waals surface area contributed by atoms with Gasteiger partial charge < -0.3 is 0 Å². The molecule has 0 amide bonds. The second-order valence-electron chi connectivity index (χ2n) is 3.55. The predicted molar refractivity (Wildman–Crippen MR) is 60.7 cm³/mol. The van der Waals surface area contributed by atoms with Crippen LogP contribution in [0.4, 0.5) is 0 Å². The maximum Gasteiger partial charge on any atom is 0.0789 e. The summed E-state index contributed by atoms with van der Waals surface area (Å²) in [6.07, 6.45) is 0. The van der Waals surface area contributed by atoms with Crippen molar-refractivity contribution in [3.8, 4) is 0 Å². The van der Waals surface area contributed by atoms with E-state index in [1.54, 1.807) is 10.4 Å². The van der Waals surface area contributed by atoms with Crippen LogP contribution < -0.4 is 10.4 Å². The molecular weight excluding hydrogens is 176 g/mol. The molecule has 12 heavy (non-hydrogen) atoms. The SMILES string of the molecule is C[Si](C)c1ccccc1[Si](C)C. The number of hydrogen-bond donors (Lipinski definition) is 0. The van der Waals surface area contributed by atoms with Crippen molar-refractivity contribution in [2.45, 2.75) is 26.2 Å². The number of benzene rings is 1. The summed E-state index contributed by atoms with van der Waals surface area (Å²) in [7, 11) is -0.522. The molecule has 0 aliphatic heterocycles. The summed E-state index contributed by atoms with van der Waals surface area (Å²) in [6, 6.07) is 8.95. The van der Waals surface area contributed by atoms with Gasteiger partial charge in [0.2, 0.25) is 0 Å². The first-order chi connectivity index (χ1) is 5.63. The summed E-state index contributed by atoms with van der Waals surface area (Å²) < 4.78 is 0. The van der Waals surface area contributed by atoms with E-state index in [1.807, 2.05) is 0 Å². The maximum atomic E-state index is 2.37. The zero-order chi connectivity index (χ0) is 9.14. The average molecular weight is 192 g/mol. The molecule has 0 aliphatic rings. The van der Waals surface area contributed by atoms with Gasteiger partial charge in [-0.15, -0.1) is 0 Å². The van der Waals surface area contributed by atoms with E-state index in [1.165, 1.54) is 0 Å². The Morgan fingerprint density at radius 1 is 0.750 bits per heavy atom. The minimum atomic E-state index is -0.261. The summed E-state index contributed by atoms with van der Waals surface area (Å²) in [6.45, 7) is 9.48. The van der Waals surface area contributed by atoms with Gasteiger partial charge in [0.25, 0.3) is 0 Å². The molecule has 0 heterocycles. The molecule has 64 valence electrons. The number of hydrogen-bond acceptors (Lipinski definition) is 0. The Hall–Kier alpha value is -0.346. The van der Waals surface area contributed by atoms with Crippen molar-refractivity contribution in [1.82, 2.24) is 0 Å². The molecule has 0 aromatic heterocycles. The monoisotopic (exact) mass is 192 g/mol. The molecule has 1 rings (SSSR count). The Morgan fingerprint density at radius 2 is 1.08 bits per heavy atom. The second kappa shape index (κ2) is 4.05. The van der Waals surface area contributed by atoms with Crippen molar-refractivity contribution >= 4 is 28.0 Å². The molecule has 0 fully saturated rings. The van der Waals surface area contributed by atoms with Crippen molar-refractivity contribution in [3.05, 3.63) is 24.3 Å².